The minimum absolute atomic E-state index is 0.0359. The SMILES string of the molecule is C=Cc1ccc(-c2ccc(C3CCC(OCC4=CCC(OCC)C(F)=C4)CC3)c(F)c2F)cc1. The Labute approximate surface area is 199 Å². The zero-order valence-corrected chi connectivity index (χ0v) is 19.5. The van der Waals surface area contributed by atoms with Gasteiger partial charge < -0.3 is 9.47 Å². The molecule has 0 spiro atoms. The Morgan fingerprint density at radius 3 is 2.32 bits per heavy atom. The van der Waals surface area contributed by atoms with E-state index in [1.807, 2.05) is 25.1 Å². The van der Waals surface area contributed by atoms with E-state index in [-0.39, 0.29) is 23.4 Å². The van der Waals surface area contributed by atoms with Crippen molar-refractivity contribution in [1.29, 1.82) is 0 Å². The fourth-order valence-corrected chi connectivity index (χ4v) is 4.81. The molecule has 2 aromatic carbocycles. The molecule has 2 aliphatic rings. The van der Waals surface area contributed by atoms with E-state index in [9.17, 15) is 8.78 Å². The molecule has 4 rings (SSSR count). The lowest BCUT2D eigenvalue weighted by Crippen LogP contribution is -2.23. The highest BCUT2D eigenvalue weighted by molar-refractivity contribution is 5.66. The molecule has 1 atom stereocenters. The molecule has 0 aliphatic heterocycles. The average molecular weight is 469 g/mol. The summed E-state index contributed by atoms with van der Waals surface area (Å²) in [5.74, 6) is -1.86. The number of hydrogen-bond donors (Lipinski definition) is 0. The normalized spacial score (nSPS) is 22.8. The zero-order valence-electron chi connectivity index (χ0n) is 19.5. The maximum Gasteiger partial charge on any atom is 0.166 e. The lowest BCUT2D eigenvalue weighted by atomic mass is 9.82. The maximum absolute atomic E-state index is 15.0. The molecule has 0 saturated heterocycles. The second-order valence-electron chi connectivity index (χ2n) is 8.93. The summed E-state index contributed by atoms with van der Waals surface area (Å²) in [7, 11) is 0. The third kappa shape index (κ3) is 5.53. The van der Waals surface area contributed by atoms with Crippen LogP contribution in [0.4, 0.5) is 13.2 Å². The molecule has 5 heteroatoms. The van der Waals surface area contributed by atoms with Gasteiger partial charge in [0.05, 0.1) is 12.7 Å². The van der Waals surface area contributed by atoms with Crippen molar-refractivity contribution in [1.82, 2.24) is 0 Å². The highest BCUT2D eigenvalue weighted by Crippen LogP contribution is 2.38. The van der Waals surface area contributed by atoms with Crippen molar-refractivity contribution in [2.24, 2.45) is 0 Å². The molecule has 34 heavy (non-hydrogen) atoms. The van der Waals surface area contributed by atoms with Crippen LogP contribution in [0.5, 0.6) is 0 Å². The number of hydrogen-bond acceptors (Lipinski definition) is 2. The molecule has 0 N–H and O–H groups in total. The lowest BCUT2D eigenvalue weighted by Gasteiger charge is -2.29. The van der Waals surface area contributed by atoms with E-state index in [0.29, 0.717) is 30.8 Å². The maximum atomic E-state index is 15.0. The van der Waals surface area contributed by atoms with Crippen LogP contribution in [-0.4, -0.2) is 25.4 Å². The summed E-state index contributed by atoms with van der Waals surface area (Å²) < 4.78 is 55.4. The van der Waals surface area contributed by atoms with Crippen molar-refractivity contribution in [3.8, 4) is 11.1 Å². The van der Waals surface area contributed by atoms with Gasteiger partial charge in [0, 0.05) is 12.2 Å². The summed E-state index contributed by atoms with van der Waals surface area (Å²) in [4.78, 5) is 0. The van der Waals surface area contributed by atoms with Crippen LogP contribution >= 0.6 is 0 Å². The minimum atomic E-state index is -0.800. The summed E-state index contributed by atoms with van der Waals surface area (Å²) in [6, 6.07) is 10.6. The van der Waals surface area contributed by atoms with Crippen LogP contribution in [0.15, 0.2) is 66.5 Å². The highest BCUT2D eigenvalue weighted by atomic mass is 19.2. The van der Waals surface area contributed by atoms with E-state index in [1.165, 1.54) is 6.08 Å². The smallest absolute Gasteiger partial charge is 0.166 e. The molecule has 0 bridgehead atoms. The zero-order chi connectivity index (χ0) is 24.1. The van der Waals surface area contributed by atoms with Crippen LogP contribution in [0.3, 0.4) is 0 Å². The van der Waals surface area contributed by atoms with Gasteiger partial charge in [0.1, 0.15) is 11.9 Å². The third-order valence-corrected chi connectivity index (χ3v) is 6.76. The summed E-state index contributed by atoms with van der Waals surface area (Å²) >= 11 is 0. The molecule has 0 heterocycles. The first-order valence-corrected chi connectivity index (χ1v) is 12.0. The van der Waals surface area contributed by atoms with E-state index in [2.05, 4.69) is 6.58 Å². The fourth-order valence-electron chi connectivity index (χ4n) is 4.81. The molecule has 1 unspecified atom stereocenters. The molecule has 0 amide bonds. The Kier molecular flexibility index (Phi) is 8.07. The van der Waals surface area contributed by atoms with Gasteiger partial charge in [-0.3, -0.25) is 0 Å². The van der Waals surface area contributed by atoms with Gasteiger partial charge >= 0.3 is 0 Å². The second kappa shape index (κ2) is 11.2. The standard InChI is InChI=1S/C29H31F3O2/c1-3-19-5-8-21(9-6-19)24-14-15-25(29(32)28(24)31)22-10-12-23(13-11-22)34-18-20-7-16-27(33-4-2)26(30)17-20/h3,5-9,14-15,17,22-23,27H,1,4,10-13,16,18H2,2H3. The van der Waals surface area contributed by atoms with Crippen LogP contribution in [0.25, 0.3) is 17.2 Å². The van der Waals surface area contributed by atoms with Crippen LogP contribution in [0.1, 0.15) is 56.1 Å². The third-order valence-electron chi connectivity index (χ3n) is 6.76. The molecule has 1 fully saturated rings. The molecule has 0 aromatic heterocycles. The van der Waals surface area contributed by atoms with Gasteiger partial charge in [-0.1, -0.05) is 55.1 Å². The molecule has 2 aliphatic carbocycles. The number of ether oxygens (including phenoxy) is 2. The van der Waals surface area contributed by atoms with Gasteiger partial charge in [-0.25, -0.2) is 13.2 Å². The first-order chi connectivity index (χ1) is 16.5. The molecular formula is C29H31F3O2. The lowest BCUT2D eigenvalue weighted by molar-refractivity contribution is 0.0375. The van der Waals surface area contributed by atoms with Crippen molar-refractivity contribution in [2.45, 2.75) is 57.2 Å². The Bertz CT molecular complexity index is 1060. The van der Waals surface area contributed by atoms with E-state index in [0.717, 1.165) is 36.8 Å². The highest BCUT2D eigenvalue weighted by Gasteiger charge is 2.27. The average Bonchev–Trinajstić information content (AvgIpc) is 2.86. The summed E-state index contributed by atoms with van der Waals surface area (Å²) in [5.41, 5.74) is 3.09. The molecule has 0 radical (unpaired) electrons. The van der Waals surface area contributed by atoms with Gasteiger partial charge in [-0.05, 0) is 73.3 Å². The van der Waals surface area contributed by atoms with Gasteiger partial charge in [-0.2, -0.15) is 0 Å². The van der Waals surface area contributed by atoms with Crippen LogP contribution in [0.2, 0.25) is 0 Å². The van der Waals surface area contributed by atoms with Crippen molar-refractivity contribution in [2.75, 3.05) is 13.2 Å². The number of benzene rings is 2. The summed E-state index contributed by atoms with van der Waals surface area (Å²) in [5, 5.41) is 0. The predicted molar refractivity (Wildman–Crippen MR) is 130 cm³/mol. The van der Waals surface area contributed by atoms with E-state index in [1.54, 1.807) is 30.3 Å². The molecule has 180 valence electrons. The second-order valence-corrected chi connectivity index (χ2v) is 8.93. The van der Waals surface area contributed by atoms with Crippen molar-refractivity contribution >= 4 is 6.08 Å². The summed E-state index contributed by atoms with van der Waals surface area (Å²) in [6.07, 6.45) is 8.21. The van der Waals surface area contributed by atoms with E-state index in [4.69, 9.17) is 9.47 Å². The number of halogens is 3. The largest absolute Gasteiger partial charge is 0.374 e. The van der Waals surface area contributed by atoms with Gasteiger partial charge in [0.25, 0.3) is 0 Å². The van der Waals surface area contributed by atoms with Gasteiger partial charge in [-0.15, -0.1) is 0 Å². The molecule has 1 saturated carbocycles. The first-order valence-electron chi connectivity index (χ1n) is 12.0. The number of rotatable bonds is 8. The summed E-state index contributed by atoms with van der Waals surface area (Å²) in [6.45, 7) is 6.39. The van der Waals surface area contributed by atoms with Gasteiger partial charge in [0.2, 0.25) is 0 Å². The monoisotopic (exact) mass is 468 g/mol. The topological polar surface area (TPSA) is 18.5 Å². The Morgan fingerprint density at radius 1 is 0.941 bits per heavy atom. The molecular weight excluding hydrogens is 437 g/mol. The van der Waals surface area contributed by atoms with Crippen molar-refractivity contribution < 1.29 is 22.6 Å². The van der Waals surface area contributed by atoms with Crippen LogP contribution in [0, 0.1) is 11.6 Å². The Morgan fingerprint density at radius 2 is 1.68 bits per heavy atom. The first kappa shape index (κ1) is 24.5. The fraction of sp³-hybridized carbons (Fsp3) is 0.379. The Balaban J connectivity index is 1.33. The quantitative estimate of drug-likeness (QED) is 0.392. The van der Waals surface area contributed by atoms with E-state index >= 15 is 4.39 Å². The predicted octanol–water partition coefficient (Wildman–Crippen LogP) is 7.91. The van der Waals surface area contributed by atoms with Crippen molar-refractivity contribution in [3.63, 3.8) is 0 Å². The minimum Gasteiger partial charge on any atom is -0.374 e. The molecule has 2 aromatic rings. The van der Waals surface area contributed by atoms with Gasteiger partial charge in [0.15, 0.2) is 11.6 Å². The Hall–Kier alpha value is -2.63. The van der Waals surface area contributed by atoms with Crippen LogP contribution < -0.4 is 0 Å². The van der Waals surface area contributed by atoms with Crippen molar-refractivity contribution in [3.05, 3.63) is 89.3 Å². The molecule has 2 nitrogen and oxygen atoms in total. The van der Waals surface area contributed by atoms with Crippen LogP contribution in [-0.2, 0) is 9.47 Å². The van der Waals surface area contributed by atoms with E-state index < -0.39 is 17.7 Å².